The summed E-state index contributed by atoms with van der Waals surface area (Å²) in [6.45, 7) is 3.41. The van der Waals surface area contributed by atoms with Crippen LogP contribution >= 0.6 is 11.6 Å². The van der Waals surface area contributed by atoms with Gasteiger partial charge in [0.05, 0.1) is 10.6 Å². The molecule has 0 aliphatic carbocycles. The highest BCUT2D eigenvalue weighted by atomic mass is 35.5. The van der Waals surface area contributed by atoms with Crippen LogP contribution in [0.2, 0.25) is 5.02 Å². The molecule has 0 radical (unpaired) electrons. The number of benzene rings is 2. The largest absolute Gasteiger partial charge is 0.374 e. The lowest BCUT2D eigenvalue weighted by atomic mass is 10.1. The van der Waals surface area contributed by atoms with E-state index in [1.807, 2.05) is 0 Å². The van der Waals surface area contributed by atoms with E-state index in [0.717, 1.165) is 5.69 Å². The minimum atomic E-state index is -0.521. The summed E-state index contributed by atoms with van der Waals surface area (Å²) in [7, 11) is 0. The summed E-state index contributed by atoms with van der Waals surface area (Å²) < 4.78 is 0. The number of nitrogens with zero attached hydrogens (tertiary/aromatic N) is 2. The lowest BCUT2D eigenvalue weighted by Gasteiger charge is -2.14. The number of carbonyl (C=O) groups excluding carboxylic acids is 1. The summed E-state index contributed by atoms with van der Waals surface area (Å²) in [4.78, 5) is 22.3. The SMILES string of the molecule is CC(=NNC(=O)[C@@H](C)Nc1cccc(Cl)c1)c1ccc([N+](=O)[O-])cc1. The van der Waals surface area contributed by atoms with Crippen molar-refractivity contribution in [3.8, 4) is 0 Å². The summed E-state index contributed by atoms with van der Waals surface area (Å²) in [6, 6.07) is 12.5. The molecule has 0 aliphatic heterocycles. The van der Waals surface area contributed by atoms with Gasteiger partial charge >= 0.3 is 0 Å². The third-order valence-electron chi connectivity index (χ3n) is 3.43. The molecule has 1 amide bonds. The second-order valence-electron chi connectivity index (χ2n) is 5.35. The number of nitro benzene ring substituents is 1. The molecule has 0 aliphatic rings. The van der Waals surface area contributed by atoms with Gasteiger partial charge in [-0.15, -0.1) is 0 Å². The van der Waals surface area contributed by atoms with Crippen molar-refractivity contribution in [3.05, 3.63) is 69.2 Å². The van der Waals surface area contributed by atoms with Crippen LogP contribution in [0.4, 0.5) is 11.4 Å². The molecule has 1 atom stereocenters. The first-order valence-corrected chi connectivity index (χ1v) is 7.85. The van der Waals surface area contributed by atoms with Gasteiger partial charge in [-0.25, -0.2) is 5.43 Å². The summed E-state index contributed by atoms with van der Waals surface area (Å²) in [5.74, 6) is -0.318. The summed E-state index contributed by atoms with van der Waals surface area (Å²) >= 11 is 5.90. The van der Waals surface area contributed by atoms with E-state index in [0.29, 0.717) is 16.3 Å². The Kier molecular flexibility index (Phi) is 6.08. The van der Waals surface area contributed by atoms with E-state index in [1.54, 1.807) is 50.2 Å². The quantitative estimate of drug-likeness (QED) is 0.467. The highest BCUT2D eigenvalue weighted by Gasteiger charge is 2.12. The number of hydrogen-bond donors (Lipinski definition) is 2. The third kappa shape index (κ3) is 5.29. The van der Waals surface area contributed by atoms with Gasteiger partial charge in [-0.2, -0.15) is 5.10 Å². The fourth-order valence-corrected chi connectivity index (χ4v) is 2.21. The molecule has 2 aromatic rings. The van der Waals surface area contributed by atoms with Crippen LogP contribution in [0.1, 0.15) is 19.4 Å². The average Bonchev–Trinajstić information content (AvgIpc) is 2.59. The van der Waals surface area contributed by atoms with Crippen LogP contribution in [-0.2, 0) is 4.79 Å². The molecule has 130 valence electrons. The lowest BCUT2D eigenvalue weighted by Crippen LogP contribution is -2.35. The third-order valence-corrected chi connectivity index (χ3v) is 3.67. The molecular weight excluding hydrogens is 344 g/mol. The molecule has 0 heterocycles. The van der Waals surface area contributed by atoms with Crippen LogP contribution in [0.25, 0.3) is 0 Å². The molecule has 0 saturated carbocycles. The van der Waals surface area contributed by atoms with Crippen molar-refractivity contribution >= 4 is 34.6 Å². The Labute approximate surface area is 149 Å². The van der Waals surface area contributed by atoms with E-state index >= 15 is 0 Å². The topological polar surface area (TPSA) is 96.6 Å². The fraction of sp³-hybridized carbons (Fsp3) is 0.176. The van der Waals surface area contributed by atoms with E-state index < -0.39 is 11.0 Å². The molecule has 0 spiro atoms. The molecule has 0 fully saturated rings. The molecule has 0 unspecified atom stereocenters. The Morgan fingerprint density at radius 1 is 1.24 bits per heavy atom. The summed E-state index contributed by atoms with van der Waals surface area (Å²) in [6.07, 6.45) is 0. The zero-order valence-electron chi connectivity index (χ0n) is 13.7. The van der Waals surface area contributed by atoms with Crippen molar-refractivity contribution < 1.29 is 9.72 Å². The number of nitro groups is 1. The van der Waals surface area contributed by atoms with Crippen LogP contribution < -0.4 is 10.7 Å². The number of amides is 1. The number of rotatable bonds is 6. The van der Waals surface area contributed by atoms with E-state index in [2.05, 4.69) is 15.8 Å². The van der Waals surface area contributed by atoms with Gasteiger partial charge in [-0.05, 0) is 49.7 Å². The van der Waals surface area contributed by atoms with Gasteiger partial charge in [0, 0.05) is 22.8 Å². The standard InChI is InChI=1S/C17H17ClN4O3/c1-11(13-6-8-16(9-7-13)22(24)25)20-21-17(23)12(2)19-15-5-3-4-14(18)10-15/h3-10,12,19H,1-2H3,(H,21,23)/t12-/m1/s1. The van der Waals surface area contributed by atoms with Gasteiger partial charge in [0.15, 0.2) is 0 Å². The van der Waals surface area contributed by atoms with Crippen molar-refractivity contribution in [2.75, 3.05) is 5.32 Å². The average molecular weight is 361 g/mol. The minimum Gasteiger partial charge on any atom is -0.374 e. The van der Waals surface area contributed by atoms with Gasteiger partial charge in [-0.3, -0.25) is 14.9 Å². The maximum atomic E-state index is 12.1. The van der Waals surface area contributed by atoms with Crippen molar-refractivity contribution in [1.29, 1.82) is 0 Å². The molecule has 2 N–H and O–H groups in total. The Morgan fingerprint density at radius 3 is 2.52 bits per heavy atom. The van der Waals surface area contributed by atoms with E-state index in [4.69, 9.17) is 11.6 Å². The van der Waals surface area contributed by atoms with Gasteiger partial charge in [-0.1, -0.05) is 17.7 Å². The zero-order chi connectivity index (χ0) is 18.4. The molecule has 7 nitrogen and oxygen atoms in total. The monoisotopic (exact) mass is 360 g/mol. The molecule has 0 aromatic heterocycles. The maximum absolute atomic E-state index is 12.1. The Balaban J connectivity index is 1.97. The molecule has 0 bridgehead atoms. The number of anilines is 1. The van der Waals surface area contributed by atoms with E-state index in [9.17, 15) is 14.9 Å². The summed E-state index contributed by atoms with van der Waals surface area (Å²) in [5, 5.41) is 18.3. The number of carbonyl (C=O) groups is 1. The number of non-ortho nitro benzene ring substituents is 1. The van der Waals surface area contributed by atoms with Crippen LogP contribution in [0, 0.1) is 10.1 Å². The van der Waals surface area contributed by atoms with Gasteiger partial charge < -0.3 is 5.32 Å². The number of nitrogens with one attached hydrogen (secondary N) is 2. The predicted molar refractivity (Wildman–Crippen MR) is 98.0 cm³/mol. The van der Waals surface area contributed by atoms with Crippen LogP contribution in [0.3, 0.4) is 0 Å². The molecular formula is C17H17ClN4O3. The minimum absolute atomic E-state index is 0.0000651. The van der Waals surface area contributed by atoms with Crippen LogP contribution in [0.15, 0.2) is 53.6 Å². The van der Waals surface area contributed by atoms with Crippen molar-refractivity contribution in [1.82, 2.24) is 5.43 Å². The van der Waals surface area contributed by atoms with E-state index in [-0.39, 0.29) is 11.6 Å². The zero-order valence-corrected chi connectivity index (χ0v) is 14.4. The maximum Gasteiger partial charge on any atom is 0.269 e. The summed E-state index contributed by atoms with van der Waals surface area (Å²) in [5.41, 5.74) is 4.42. The second-order valence-corrected chi connectivity index (χ2v) is 5.79. The highest BCUT2D eigenvalue weighted by molar-refractivity contribution is 6.30. The fourth-order valence-electron chi connectivity index (χ4n) is 2.02. The van der Waals surface area contributed by atoms with Crippen LogP contribution in [0.5, 0.6) is 0 Å². The Morgan fingerprint density at radius 2 is 1.92 bits per heavy atom. The van der Waals surface area contributed by atoms with Crippen molar-refractivity contribution in [2.45, 2.75) is 19.9 Å². The van der Waals surface area contributed by atoms with Crippen molar-refractivity contribution in [2.24, 2.45) is 5.10 Å². The van der Waals surface area contributed by atoms with Gasteiger partial charge in [0.25, 0.3) is 11.6 Å². The first kappa shape index (κ1) is 18.4. The van der Waals surface area contributed by atoms with Gasteiger partial charge in [0.1, 0.15) is 6.04 Å². The second kappa shape index (κ2) is 8.25. The van der Waals surface area contributed by atoms with Crippen molar-refractivity contribution in [3.63, 3.8) is 0 Å². The Hall–Kier alpha value is -2.93. The Bertz CT molecular complexity index is 806. The molecule has 25 heavy (non-hydrogen) atoms. The van der Waals surface area contributed by atoms with E-state index in [1.165, 1.54) is 12.1 Å². The van der Waals surface area contributed by atoms with Crippen LogP contribution in [-0.4, -0.2) is 22.6 Å². The molecule has 0 saturated heterocycles. The highest BCUT2D eigenvalue weighted by Crippen LogP contribution is 2.16. The molecule has 2 rings (SSSR count). The predicted octanol–water partition coefficient (Wildman–Crippen LogP) is 3.59. The molecule has 8 heteroatoms. The van der Waals surface area contributed by atoms with Gasteiger partial charge in [0.2, 0.25) is 0 Å². The number of halogens is 1. The normalized spacial score (nSPS) is 12.4. The smallest absolute Gasteiger partial charge is 0.269 e. The molecule has 2 aromatic carbocycles. The lowest BCUT2D eigenvalue weighted by molar-refractivity contribution is -0.384. The first-order chi connectivity index (χ1) is 11.9. The first-order valence-electron chi connectivity index (χ1n) is 7.48. The number of hydrazone groups is 1. The number of hydrogen-bond acceptors (Lipinski definition) is 5.